The molecule has 0 saturated carbocycles. The van der Waals surface area contributed by atoms with Gasteiger partial charge in [0.2, 0.25) is 0 Å². The lowest BCUT2D eigenvalue weighted by atomic mass is 10.1. The molecule has 1 aromatic rings. The molecule has 6 heteroatoms. The van der Waals surface area contributed by atoms with Crippen LogP contribution in [0.15, 0.2) is 30.0 Å². The van der Waals surface area contributed by atoms with Crippen LogP contribution >= 0.6 is 15.9 Å². The average Bonchev–Trinajstić information content (AvgIpc) is 2.42. The second-order valence-electron chi connectivity index (χ2n) is 4.38. The fourth-order valence-corrected chi connectivity index (χ4v) is 1.94. The molecule has 0 saturated heterocycles. The maximum Gasteiger partial charge on any atom is 0.334 e. The number of carbonyl (C=O) groups is 1. The van der Waals surface area contributed by atoms with Gasteiger partial charge < -0.3 is 14.6 Å². The van der Waals surface area contributed by atoms with Crippen LogP contribution in [0.3, 0.4) is 0 Å². The molecule has 0 radical (unpaired) electrons. The number of rotatable bonds is 7. The van der Waals surface area contributed by atoms with E-state index in [1.54, 1.807) is 26.0 Å². The van der Waals surface area contributed by atoms with Gasteiger partial charge in [-0.15, -0.1) is 0 Å². The maximum absolute atomic E-state index is 14.2. The molecule has 0 amide bonds. The van der Waals surface area contributed by atoms with Gasteiger partial charge in [-0.3, -0.25) is 0 Å². The molecular formula is C15H18BrFO4. The van der Waals surface area contributed by atoms with Gasteiger partial charge in [0.25, 0.3) is 0 Å². The number of benzene rings is 1. The Kier molecular flexibility index (Phi) is 7.39. The topological polar surface area (TPSA) is 55.8 Å². The zero-order valence-corrected chi connectivity index (χ0v) is 13.5. The molecule has 0 aromatic heterocycles. The minimum Gasteiger partial charge on any atom is -0.463 e. The summed E-state index contributed by atoms with van der Waals surface area (Å²) in [5.74, 6) is -0.855. The molecule has 0 spiro atoms. The molecule has 0 aliphatic rings. The molecule has 0 aliphatic heterocycles. The lowest BCUT2D eigenvalue weighted by Gasteiger charge is -2.12. The Balaban J connectivity index is 2.92. The van der Waals surface area contributed by atoms with Crippen molar-refractivity contribution < 1.29 is 23.8 Å². The highest BCUT2D eigenvalue weighted by molar-refractivity contribution is 9.09. The van der Waals surface area contributed by atoms with Crippen LogP contribution in [0.4, 0.5) is 4.39 Å². The standard InChI is InChI=1S/C15H18BrFO4/c1-3-20-14(19)8-12(9-16)21-13-6-4-5-11(15(13)17)7-10(2)18/h4-6,8,10,18H,3,7,9H2,1-2H3/b12-8-. The van der Waals surface area contributed by atoms with Gasteiger partial charge in [-0.05, 0) is 25.5 Å². The molecule has 0 fully saturated rings. The summed E-state index contributed by atoms with van der Waals surface area (Å²) in [5, 5.41) is 9.58. The second kappa shape index (κ2) is 8.79. The summed E-state index contributed by atoms with van der Waals surface area (Å²) in [6, 6.07) is 4.67. The van der Waals surface area contributed by atoms with E-state index >= 15 is 0 Å². The Bertz CT molecular complexity index is 514. The molecule has 21 heavy (non-hydrogen) atoms. The van der Waals surface area contributed by atoms with Gasteiger partial charge in [-0.25, -0.2) is 9.18 Å². The van der Waals surface area contributed by atoms with E-state index < -0.39 is 17.9 Å². The minimum absolute atomic E-state index is 0.00292. The van der Waals surface area contributed by atoms with Crippen molar-refractivity contribution in [2.24, 2.45) is 0 Å². The Hall–Kier alpha value is -1.40. The van der Waals surface area contributed by atoms with Crippen molar-refractivity contribution in [3.05, 3.63) is 41.4 Å². The highest BCUT2D eigenvalue weighted by Gasteiger charge is 2.13. The Morgan fingerprint density at radius 2 is 2.24 bits per heavy atom. The van der Waals surface area contributed by atoms with Crippen LogP contribution in [0.1, 0.15) is 19.4 Å². The van der Waals surface area contributed by atoms with Crippen molar-refractivity contribution >= 4 is 21.9 Å². The SMILES string of the molecule is CCOC(=O)/C=C(/CBr)Oc1cccc(CC(C)O)c1F. The molecule has 0 heterocycles. The van der Waals surface area contributed by atoms with E-state index in [9.17, 15) is 14.3 Å². The lowest BCUT2D eigenvalue weighted by molar-refractivity contribution is -0.137. The van der Waals surface area contributed by atoms with Crippen LogP contribution in [0.25, 0.3) is 0 Å². The summed E-state index contributed by atoms with van der Waals surface area (Å²) < 4.78 is 24.4. The van der Waals surface area contributed by atoms with Crippen molar-refractivity contribution in [3.8, 4) is 5.75 Å². The van der Waals surface area contributed by atoms with Crippen LogP contribution < -0.4 is 4.74 Å². The summed E-state index contributed by atoms with van der Waals surface area (Å²) in [7, 11) is 0. The molecule has 1 unspecified atom stereocenters. The summed E-state index contributed by atoms with van der Waals surface area (Å²) in [6.45, 7) is 3.53. The second-order valence-corrected chi connectivity index (χ2v) is 4.94. The fourth-order valence-electron chi connectivity index (χ4n) is 1.66. The highest BCUT2D eigenvalue weighted by Crippen LogP contribution is 2.24. The zero-order chi connectivity index (χ0) is 15.8. The third-order valence-corrected chi connectivity index (χ3v) is 3.05. The monoisotopic (exact) mass is 360 g/mol. The third kappa shape index (κ3) is 5.85. The molecule has 0 bridgehead atoms. The number of esters is 1. The molecule has 1 rings (SSSR count). The number of halogens is 2. The van der Waals surface area contributed by atoms with Crippen molar-refractivity contribution in [2.45, 2.75) is 26.4 Å². The number of aliphatic hydroxyl groups is 1. The molecule has 4 nitrogen and oxygen atoms in total. The first kappa shape index (κ1) is 17.7. The first-order valence-electron chi connectivity index (χ1n) is 6.54. The smallest absolute Gasteiger partial charge is 0.334 e. The molecule has 1 atom stereocenters. The maximum atomic E-state index is 14.2. The average molecular weight is 361 g/mol. The first-order chi connectivity index (χ1) is 9.97. The van der Waals surface area contributed by atoms with Gasteiger partial charge >= 0.3 is 5.97 Å². The van der Waals surface area contributed by atoms with Crippen LogP contribution in [0.5, 0.6) is 5.75 Å². The van der Waals surface area contributed by atoms with Crippen molar-refractivity contribution in [2.75, 3.05) is 11.9 Å². The predicted molar refractivity (Wildman–Crippen MR) is 80.9 cm³/mol. The van der Waals surface area contributed by atoms with Gasteiger partial charge in [0, 0.05) is 6.42 Å². The minimum atomic E-state index is -0.652. The van der Waals surface area contributed by atoms with Crippen LogP contribution in [0, 0.1) is 5.82 Å². The number of ether oxygens (including phenoxy) is 2. The normalized spacial score (nSPS) is 12.9. The van der Waals surface area contributed by atoms with Gasteiger partial charge in [-0.2, -0.15) is 0 Å². The van der Waals surface area contributed by atoms with Gasteiger partial charge in [-0.1, -0.05) is 28.1 Å². The van der Waals surface area contributed by atoms with Crippen molar-refractivity contribution in [1.82, 2.24) is 0 Å². The van der Waals surface area contributed by atoms with E-state index in [2.05, 4.69) is 15.9 Å². The van der Waals surface area contributed by atoms with E-state index in [-0.39, 0.29) is 29.9 Å². The molecule has 0 aliphatic carbocycles. The largest absolute Gasteiger partial charge is 0.463 e. The number of carbonyl (C=O) groups excluding carboxylic acids is 1. The highest BCUT2D eigenvalue weighted by atomic mass is 79.9. The first-order valence-corrected chi connectivity index (χ1v) is 7.66. The summed E-state index contributed by atoms with van der Waals surface area (Å²) in [6.07, 6.45) is 0.702. The van der Waals surface area contributed by atoms with E-state index in [1.165, 1.54) is 12.1 Å². The van der Waals surface area contributed by atoms with Crippen LogP contribution in [0.2, 0.25) is 0 Å². The van der Waals surface area contributed by atoms with Crippen LogP contribution in [-0.4, -0.2) is 29.1 Å². The van der Waals surface area contributed by atoms with Gasteiger partial charge in [0.1, 0.15) is 5.76 Å². The molecule has 1 aromatic carbocycles. The number of hydrogen-bond donors (Lipinski definition) is 1. The van der Waals surface area contributed by atoms with E-state index in [0.29, 0.717) is 5.56 Å². The summed E-state index contributed by atoms with van der Waals surface area (Å²) in [4.78, 5) is 11.4. The van der Waals surface area contributed by atoms with Gasteiger partial charge in [0.05, 0.1) is 24.1 Å². The predicted octanol–water partition coefficient (Wildman–Crippen LogP) is 2.97. The van der Waals surface area contributed by atoms with Crippen molar-refractivity contribution in [3.63, 3.8) is 0 Å². The quantitative estimate of drug-likeness (QED) is 0.351. The third-order valence-electron chi connectivity index (χ3n) is 2.50. The number of alkyl halides is 1. The number of hydrogen-bond acceptors (Lipinski definition) is 4. The Labute approximate surface area is 131 Å². The van der Waals surface area contributed by atoms with E-state index in [0.717, 1.165) is 0 Å². The number of allylic oxidation sites excluding steroid dienone is 1. The molecular weight excluding hydrogens is 343 g/mol. The summed E-state index contributed by atoms with van der Waals surface area (Å²) in [5.41, 5.74) is 0.354. The lowest BCUT2D eigenvalue weighted by Crippen LogP contribution is -2.09. The fraction of sp³-hybridized carbons (Fsp3) is 0.400. The van der Waals surface area contributed by atoms with E-state index in [1.807, 2.05) is 0 Å². The van der Waals surface area contributed by atoms with Crippen molar-refractivity contribution in [1.29, 1.82) is 0 Å². The Morgan fingerprint density at radius 1 is 1.52 bits per heavy atom. The number of aliphatic hydroxyl groups excluding tert-OH is 1. The molecule has 116 valence electrons. The molecule has 1 N–H and O–H groups in total. The summed E-state index contributed by atoms with van der Waals surface area (Å²) >= 11 is 3.17. The Morgan fingerprint density at radius 3 is 2.81 bits per heavy atom. The van der Waals surface area contributed by atoms with Gasteiger partial charge in [0.15, 0.2) is 11.6 Å². The van der Waals surface area contributed by atoms with E-state index in [4.69, 9.17) is 9.47 Å². The van der Waals surface area contributed by atoms with Crippen LogP contribution in [-0.2, 0) is 16.0 Å². The zero-order valence-electron chi connectivity index (χ0n) is 11.9.